The molecule has 1 spiro atoms. The summed E-state index contributed by atoms with van der Waals surface area (Å²) >= 11 is 0. The second kappa shape index (κ2) is 17.2. The Labute approximate surface area is 317 Å². The normalized spacial score (nSPS) is 43.5. The molecule has 2 bridgehead atoms. The van der Waals surface area contributed by atoms with Crippen LogP contribution in [0, 0.1) is 17.8 Å². The highest BCUT2D eigenvalue weighted by Crippen LogP contribution is 2.48. The molecule has 0 aromatic carbocycles. The zero-order valence-corrected chi connectivity index (χ0v) is 33.7. The van der Waals surface area contributed by atoms with Crippen molar-refractivity contribution in [1.29, 1.82) is 0 Å². The highest BCUT2D eigenvalue weighted by Gasteiger charge is 2.58. The fraction of sp³-hybridized carbons (Fsp3) is 0.850. The standard InChI is InChI=1S/C40H68N4O9/c1-11-31-39(8,48)34(46)28(6)42-22-24(2)21-38(7)35(51-37-32(45)30(43(9)10)20-25(3)49-37)26(4)33(27(5)36(47)50-31)52-40(53-38)14-18-44(19-15-40)23-29-12-16-41-17-13-29/h12-13,16-17,24-28,30-35,37,42,45-46,48H,11,14-15,18-23H2,1-10H3/t24-,25-,26+,27-,28-,30+,31-,32-,33+,34-,35-,37+,38-,39-/m1/s1. The van der Waals surface area contributed by atoms with Gasteiger partial charge in [0, 0.05) is 62.9 Å². The molecule has 13 nitrogen and oxygen atoms in total. The molecule has 5 heterocycles. The van der Waals surface area contributed by atoms with Crippen molar-refractivity contribution in [2.45, 2.75) is 166 Å². The van der Waals surface area contributed by atoms with Crippen LogP contribution in [0.15, 0.2) is 24.5 Å². The van der Waals surface area contributed by atoms with Crippen molar-refractivity contribution in [2.75, 3.05) is 33.7 Å². The van der Waals surface area contributed by atoms with E-state index >= 15 is 0 Å². The van der Waals surface area contributed by atoms with Gasteiger partial charge in [0.15, 0.2) is 12.1 Å². The number of hydrogen-bond acceptors (Lipinski definition) is 13. The first-order valence-electron chi connectivity index (χ1n) is 19.9. The minimum absolute atomic E-state index is 0.0197. The lowest BCUT2D eigenvalue weighted by atomic mass is 9.78. The summed E-state index contributed by atoms with van der Waals surface area (Å²) in [5.74, 6) is -2.76. The predicted octanol–water partition coefficient (Wildman–Crippen LogP) is 3.08. The SMILES string of the molecule is CC[C@H]1OC(=O)[C@H](C)[C@H]2OC3(CCN(Cc4ccncc4)CC3)O[C@](C)(C[C@@H](C)CN[C@H](C)[C@@H](O)[C@]1(C)O)[C@H](O[C@@H]1O[C@H](C)C[C@H](N(C)C)[C@H]1O)[C@H]2C. The van der Waals surface area contributed by atoms with Gasteiger partial charge in [0.2, 0.25) is 0 Å². The largest absolute Gasteiger partial charge is 0.459 e. The molecule has 0 aliphatic carbocycles. The molecule has 1 aromatic heterocycles. The molecule has 1 aromatic rings. The second-order valence-corrected chi connectivity index (χ2v) is 17.3. The molecule has 0 radical (unpaired) electrons. The van der Waals surface area contributed by atoms with Crippen LogP contribution in [0.3, 0.4) is 0 Å². The van der Waals surface area contributed by atoms with E-state index in [-0.39, 0.29) is 18.1 Å². The van der Waals surface area contributed by atoms with Crippen molar-refractivity contribution < 1.29 is 43.8 Å². The number of carbonyl (C=O) groups excluding carboxylic acids is 1. The molecule has 5 rings (SSSR count). The summed E-state index contributed by atoms with van der Waals surface area (Å²) < 4.78 is 34.0. The summed E-state index contributed by atoms with van der Waals surface area (Å²) in [7, 11) is 3.90. The number of aliphatic hydroxyl groups is 3. The van der Waals surface area contributed by atoms with E-state index in [1.807, 2.05) is 71.2 Å². The molecule has 53 heavy (non-hydrogen) atoms. The molecule has 0 amide bonds. The molecule has 302 valence electrons. The first-order valence-corrected chi connectivity index (χ1v) is 19.9. The fourth-order valence-electron chi connectivity index (χ4n) is 9.35. The number of aromatic nitrogens is 1. The van der Waals surface area contributed by atoms with Gasteiger partial charge in [-0.1, -0.05) is 20.8 Å². The summed E-state index contributed by atoms with van der Waals surface area (Å²) in [5, 5.41) is 38.1. The number of ether oxygens (including phenoxy) is 5. The molecule has 4 aliphatic heterocycles. The van der Waals surface area contributed by atoms with Crippen LogP contribution in [0.5, 0.6) is 0 Å². The molecule has 0 saturated carbocycles. The van der Waals surface area contributed by atoms with Crippen molar-refractivity contribution in [2.24, 2.45) is 17.8 Å². The Hall–Kier alpha value is -1.78. The number of nitrogens with zero attached hydrogens (tertiary/aromatic N) is 3. The minimum Gasteiger partial charge on any atom is -0.459 e. The smallest absolute Gasteiger partial charge is 0.311 e. The van der Waals surface area contributed by atoms with Gasteiger partial charge in [-0.3, -0.25) is 14.7 Å². The number of esters is 1. The second-order valence-electron chi connectivity index (χ2n) is 17.3. The van der Waals surface area contributed by atoms with Crippen molar-refractivity contribution in [1.82, 2.24) is 20.1 Å². The number of piperidine rings is 1. The summed E-state index contributed by atoms with van der Waals surface area (Å²) in [6.45, 7) is 17.9. The Bertz CT molecular complexity index is 1330. The maximum atomic E-state index is 14.2. The summed E-state index contributed by atoms with van der Waals surface area (Å²) in [4.78, 5) is 22.8. The number of likely N-dealkylation sites (N-methyl/N-ethyl adjacent to an activating group) is 1. The van der Waals surface area contributed by atoms with Gasteiger partial charge in [0.25, 0.3) is 0 Å². The number of nitrogens with one attached hydrogen (secondary N) is 1. The first kappa shape index (κ1) is 42.4. The zero-order chi connectivity index (χ0) is 38.9. The van der Waals surface area contributed by atoms with Gasteiger partial charge in [0.1, 0.15) is 23.9 Å². The van der Waals surface area contributed by atoms with Gasteiger partial charge in [0.05, 0.1) is 29.8 Å². The number of likely N-dealkylation sites (tertiary alicyclic amines) is 1. The van der Waals surface area contributed by atoms with E-state index in [4.69, 9.17) is 23.7 Å². The van der Waals surface area contributed by atoms with Crippen molar-refractivity contribution in [3.63, 3.8) is 0 Å². The van der Waals surface area contributed by atoms with Gasteiger partial charge in [-0.05, 0) is 98.1 Å². The monoisotopic (exact) mass is 748 g/mol. The number of pyridine rings is 1. The first-order chi connectivity index (χ1) is 24.9. The fourth-order valence-corrected chi connectivity index (χ4v) is 9.35. The van der Waals surface area contributed by atoms with Gasteiger partial charge < -0.3 is 49.2 Å². The summed E-state index contributed by atoms with van der Waals surface area (Å²) in [5.41, 5.74) is -1.48. The highest BCUT2D eigenvalue weighted by molar-refractivity contribution is 5.73. The topological polar surface area (TPSA) is 155 Å². The van der Waals surface area contributed by atoms with Crippen LogP contribution in [0.4, 0.5) is 0 Å². The molecule has 4 saturated heterocycles. The molecule has 13 heteroatoms. The van der Waals surface area contributed by atoms with E-state index in [0.717, 1.165) is 6.54 Å². The molecule has 4 aliphatic rings. The van der Waals surface area contributed by atoms with Crippen LogP contribution < -0.4 is 5.32 Å². The lowest BCUT2D eigenvalue weighted by molar-refractivity contribution is -0.332. The lowest BCUT2D eigenvalue weighted by Gasteiger charge is -2.49. The number of carbonyl (C=O) groups is 1. The quantitative estimate of drug-likeness (QED) is 0.316. The molecule has 4 N–H and O–H groups in total. The lowest BCUT2D eigenvalue weighted by Crippen LogP contribution is -2.60. The Kier molecular flexibility index (Phi) is 13.7. The number of cyclic esters (lactones) is 1. The van der Waals surface area contributed by atoms with E-state index in [0.29, 0.717) is 51.7 Å². The Morgan fingerprint density at radius 3 is 2.36 bits per heavy atom. The number of rotatable bonds is 6. The molecular weight excluding hydrogens is 680 g/mol. The van der Waals surface area contributed by atoms with E-state index < -0.39 is 77.6 Å². The Balaban J connectivity index is 1.56. The van der Waals surface area contributed by atoms with Crippen LogP contribution in [-0.2, 0) is 35.0 Å². The number of hydrogen-bond donors (Lipinski definition) is 4. The minimum atomic E-state index is -1.71. The Morgan fingerprint density at radius 2 is 1.74 bits per heavy atom. The number of aliphatic hydroxyl groups excluding tert-OH is 2. The zero-order valence-electron chi connectivity index (χ0n) is 33.7. The van der Waals surface area contributed by atoms with E-state index in [1.54, 1.807) is 6.92 Å². The van der Waals surface area contributed by atoms with E-state index in [9.17, 15) is 20.1 Å². The third kappa shape index (κ3) is 9.44. The van der Waals surface area contributed by atoms with Crippen molar-refractivity contribution in [3.8, 4) is 0 Å². The molecule has 4 fully saturated rings. The summed E-state index contributed by atoms with van der Waals surface area (Å²) in [6, 6.07) is 3.38. The van der Waals surface area contributed by atoms with Gasteiger partial charge in [-0.2, -0.15) is 0 Å². The van der Waals surface area contributed by atoms with Crippen LogP contribution >= 0.6 is 0 Å². The molecule has 14 atom stereocenters. The third-order valence-electron chi connectivity index (χ3n) is 12.5. The summed E-state index contributed by atoms with van der Waals surface area (Å²) in [6.07, 6.45) is 0.692. The van der Waals surface area contributed by atoms with Gasteiger partial charge >= 0.3 is 5.97 Å². The predicted molar refractivity (Wildman–Crippen MR) is 200 cm³/mol. The van der Waals surface area contributed by atoms with E-state index in [1.165, 1.54) is 12.5 Å². The average molecular weight is 749 g/mol. The maximum Gasteiger partial charge on any atom is 0.311 e. The van der Waals surface area contributed by atoms with Crippen LogP contribution in [-0.4, -0.2) is 142 Å². The van der Waals surface area contributed by atoms with Crippen LogP contribution in [0.25, 0.3) is 0 Å². The van der Waals surface area contributed by atoms with Gasteiger partial charge in [-0.25, -0.2) is 0 Å². The van der Waals surface area contributed by atoms with Crippen LogP contribution in [0.2, 0.25) is 0 Å². The van der Waals surface area contributed by atoms with Crippen molar-refractivity contribution >= 4 is 5.97 Å². The molecular formula is C40H68N4O9. The molecule has 0 unspecified atom stereocenters. The average Bonchev–Trinajstić information content (AvgIpc) is 3.19. The van der Waals surface area contributed by atoms with E-state index in [2.05, 4.69) is 29.0 Å². The third-order valence-corrected chi connectivity index (χ3v) is 12.5. The Morgan fingerprint density at radius 1 is 1.08 bits per heavy atom. The van der Waals surface area contributed by atoms with Crippen LogP contribution in [0.1, 0.15) is 93.1 Å². The maximum absolute atomic E-state index is 14.2. The van der Waals surface area contributed by atoms with Crippen molar-refractivity contribution in [3.05, 3.63) is 30.1 Å². The number of fused-ring (bicyclic) bond motifs is 3. The van der Waals surface area contributed by atoms with Gasteiger partial charge in [-0.15, -0.1) is 0 Å². The highest BCUT2D eigenvalue weighted by atomic mass is 16.7.